The van der Waals surface area contributed by atoms with Crippen molar-refractivity contribution in [2.45, 2.75) is 46.0 Å². The van der Waals surface area contributed by atoms with E-state index in [1.807, 2.05) is 38.1 Å². The summed E-state index contributed by atoms with van der Waals surface area (Å²) in [7, 11) is 0. The van der Waals surface area contributed by atoms with Crippen molar-refractivity contribution in [3.05, 3.63) is 29.8 Å². The molecule has 1 rings (SSSR count). The summed E-state index contributed by atoms with van der Waals surface area (Å²) in [6.07, 6.45) is 1.33. The fourth-order valence-electron chi connectivity index (χ4n) is 1.85. The van der Waals surface area contributed by atoms with Crippen molar-refractivity contribution in [3.8, 4) is 5.75 Å². The van der Waals surface area contributed by atoms with Gasteiger partial charge >= 0.3 is 5.97 Å². The van der Waals surface area contributed by atoms with Crippen molar-refractivity contribution in [2.24, 2.45) is 0 Å². The van der Waals surface area contributed by atoms with Gasteiger partial charge in [0.05, 0.1) is 6.61 Å². The van der Waals surface area contributed by atoms with Crippen molar-refractivity contribution in [3.63, 3.8) is 0 Å². The third kappa shape index (κ3) is 4.27. The van der Waals surface area contributed by atoms with Gasteiger partial charge in [-0.15, -0.1) is 0 Å². The molecule has 0 aliphatic rings. The van der Waals surface area contributed by atoms with Gasteiger partial charge in [0.15, 0.2) is 0 Å². The molecule has 0 aromatic heterocycles. The number of hydrogen-bond acceptors (Lipinski definition) is 3. The molecule has 3 nitrogen and oxygen atoms in total. The molecule has 106 valence electrons. The summed E-state index contributed by atoms with van der Waals surface area (Å²) in [5, 5.41) is 0. The van der Waals surface area contributed by atoms with E-state index in [0.29, 0.717) is 19.6 Å². The maximum Gasteiger partial charge on any atom is 0.305 e. The lowest BCUT2D eigenvalue weighted by atomic mass is 9.81. The summed E-state index contributed by atoms with van der Waals surface area (Å²) >= 11 is 0. The molecule has 0 amide bonds. The van der Waals surface area contributed by atoms with Crippen LogP contribution in [0.4, 0.5) is 0 Å². The summed E-state index contributed by atoms with van der Waals surface area (Å²) in [5.41, 5.74) is 1.03. The second-order valence-electron chi connectivity index (χ2n) is 4.89. The van der Waals surface area contributed by atoms with Crippen molar-refractivity contribution in [1.29, 1.82) is 0 Å². The van der Waals surface area contributed by atoms with Crippen LogP contribution in [0.25, 0.3) is 0 Å². The van der Waals surface area contributed by atoms with Crippen LogP contribution in [0.15, 0.2) is 24.3 Å². The van der Waals surface area contributed by atoms with Gasteiger partial charge < -0.3 is 9.47 Å². The van der Waals surface area contributed by atoms with E-state index in [1.54, 1.807) is 0 Å². The van der Waals surface area contributed by atoms with Gasteiger partial charge in [-0.25, -0.2) is 0 Å². The molecule has 0 saturated heterocycles. The Balaban J connectivity index is 2.79. The highest BCUT2D eigenvalue weighted by Crippen LogP contribution is 2.29. The number of rotatable bonds is 7. The van der Waals surface area contributed by atoms with Gasteiger partial charge in [-0.1, -0.05) is 32.9 Å². The van der Waals surface area contributed by atoms with Crippen LogP contribution in [0.5, 0.6) is 5.75 Å². The number of ether oxygens (including phenoxy) is 2. The topological polar surface area (TPSA) is 35.5 Å². The summed E-state index contributed by atoms with van der Waals surface area (Å²) in [6.45, 7) is 9.08. The number of hydrogen-bond donors (Lipinski definition) is 0. The van der Waals surface area contributed by atoms with E-state index in [-0.39, 0.29) is 11.4 Å². The Kier molecular flexibility index (Phi) is 5.87. The van der Waals surface area contributed by atoms with Gasteiger partial charge in [-0.05, 0) is 31.0 Å². The average molecular weight is 264 g/mol. The third-order valence-corrected chi connectivity index (χ3v) is 3.48. The SMILES string of the molecule is CCOc1ccc(C(C)(CC)COC(=O)CC)cc1. The first-order valence-electron chi connectivity index (χ1n) is 6.94. The van der Waals surface area contributed by atoms with Gasteiger partial charge in [0.25, 0.3) is 0 Å². The first-order chi connectivity index (χ1) is 9.05. The van der Waals surface area contributed by atoms with E-state index in [1.165, 1.54) is 5.56 Å². The minimum absolute atomic E-state index is 0.143. The van der Waals surface area contributed by atoms with Gasteiger partial charge in [0, 0.05) is 11.8 Å². The molecule has 0 heterocycles. The van der Waals surface area contributed by atoms with Crippen LogP contribution >= 0.6 is 0 Å². The number of carbonyl (C=O) groups is 1. The van der Waals surface area contributed by atoms with E-state index < -0.39 is 0 Å². The largest absolute Gasteiger partial charge is 0.494 e. The normalized spacial score (nSPS) is 13.7. The quantitative estimate of drug-likeness (QED) is 0.704. The van der Waals surface area contributed by atoms with Crippen LogP contribution in [-0.4, -0.2) is 19.2 Å². The van der Waals surface area contributed by atoms with Crippen LogP contribution in [0.1, 0.15) is 46.1 Å². The van der Waals surface area contributed by atoms with Crippen molar-refractivity contribution in [1.82, 2.24) is 0 Å². The molecule has 1 atom stereocenters. The Hall–Kier alpha value is -1.51. The van der Waals surface area contributed by atoms with E-state index >= 15 is 0 Å². The molecule has 1 aromatic rings. The lowest BCUT2D eigenvalue weighted by Crippen LogP contribution is -2.29. The number of esters is 1. The molecular weight excluding hydrogens is 240 g/mol. The molecule has 0 aliphatic carbocycles. The first-order valence-corrected chi connectivity index (χ1v) is 6.94. The number of carbonyl (C=O) groups excluding carboxylic acids is 1. The maximum atomic E-state index is 11.3. The molecule has 0 spiro atoms. The smallest absolute Gasteiger partial charge is 0.305 e. The predicted octanol–water partition coefficient (Wildman–Crippen LogP) is 3.71. The molecule has 19 heavy (non-hydrogen) atoms. The molecule has 0 saturated carbocycles. The molecule has 1 aromatic carbocycles. The van der Waals surface area contributed by atoms with E-state index in [4.69, 9.17) is 9.47 Å². The average Bonchev–Trinajstić information content (AvgIpc) is 2.45. The van der Waals surface area contributed by atoms with Crippen LogP contribution in [0.2, 0.25) is 0 Å². The maximum absolute atomic E-state index is 11.3. The zero-order valence-electron chi connectivity index (χ0n) is 12.4. The molecule has 0 fully saturated rings. The second-order valence-corrected chi connectivity index (χ2v) is 4.89. The molecule has 0 bridgehead atoms. The van der Waals surface area contributed by atoms with Gasteiger partial charge in [0.1, 0.15) is 12.4 Å². The predicted molar refractivity (Wildman–Crippen MR) is 76.5 cm³/mol. The second kappa shape index (κ2) is 7.17. The Morgan fingerprint density at radius 3 is 2.26 bits per heavy atom. The van der Waals surface area contributed by atoms with Crippen molar-refractivity contribution < 1.29 is 14.3 Å². The van der Waals surface area contributed by atoms with E-state index in [2.05, 4.69) is 13.8 Å². The van der Waals surface area contributed by atoms with Crippen LogP contribution in [0.3, 0.4) is 0 Å². The van der Waals surface area contributed by atoms with Crippen LogP contribution in [0, 0.1) is 0 Å². The highest BCUT2D eigenvalue weighted by molar-refractivity contribution is 5.68. The molecular formula is C16H24O3. The van der Waals surface area contributed by atoms with Crippen molar-refractivity contribution in [2.75, 3.05) is 13.2 Å². The Morgan fingerprint density at radius 1 is 1.16 bits per heavy atom. The first kappa shape index (κ1) is 15.5. The summed E-state index contributed by atoms with van der Waals surface area (Å²) in [6, 6.07) is 8.03. The van der Waals surface area contributed by atoms with Gasteiger partial charge in [-0.3, -0.25) is 4.79 Å². The summed E-state index contributed by atoms with van der Waals surface area (Å²) < 4.78 is 10.7. The zero-order valence-corrected chi connectivity index (χ0v) is 12.4. The highest BCUT2D eigenvalue weighted by atomic mass is 16.5. The zero-order chi connectivity index (χ0) is 14.3. The Labute approximate surface area is 115 Å². The molecule has 3 heteroatoms. The molecule has 0 N–H and O–H groups in total. The summed E-state index contributed by atoms with van der Waals surface area (Å²) in [5.74, 6) is 0.723. The Bertz CT molecular complexity index is 397. The number of benzene rings is 1. The molecule has 0 radical (unpaired) electrons. The van der Waals surface area contributed by atoms with E-state index in [0.717, 1.165) is 12.2 Å². The van der Waals surface area contributed by atoms with Gasteiger partial charge in [-0.2, -0.15) is 0 Å². The minimum atomic E-state index is -0.148. The van der Waals surface area contributed by atoms with E-state index in [9.17, 15) is 4.79 Å². The fourth-order valence-corrected chi connectivity index (χ4v) is 1.85. The third-order valence-electron chi connectivity index (χ3n) is 3.48. The monoisotopic (exact) mass is 264 g/mol. The Morgan fingerprint density at radius 2 is 1.79 bits per heavy atom. The molecule has 1 unspecified atom stereocenters. The standard InChI is InChI=1S/C16H24O3/c1-5-15(17)19-12-16(4,6-2)13-8-10-14(11-9-13)18-7-3/h8-11H,5-7,12H2,1-4H3. The molecule has 0 aliphatic heterocycles. The van der Waals surface area contributed by atoms with Crippen molar-refractivity contribution >= 4 is 5.97 Å². The highest BCUT2D eigenvalue weighted by Gasteiger charge is 2.26. The minimum Gasteiger partial charge on any atom is -0.494 e. The van der Waals surface area contributed by atoms with Crippen LogP contribution in [-0.2, 0) is 14.9 Å². The van der Waals surface area contributed by atoms with Gasteiger partial charge in [0.2, 0.25) is 0 Å². The van der Waals surface area contributed by atoms with Crippen LogP contribution < -0.4 is 4.74 Å². The fraction of sp³-hybridized carbons (Fsp3) is 0.562. The lowest BCUT2D eigenvalue weighted by molar-refractivity contribution is -0.145. The lowest BCUT2D eigenvalue weighted by Gasteiger charge is -2.28. The summed E-state index contributed by atoms with van der Waals surface area (Å²) in [4.78, 5) is 11.3.